The molecule has 0 saturated carbocycles. The largest absolute Gasteiger partial charge is 0.339 e. The van der Waals surface area contributed by atoms with Crippen molar-refractivity contribution in [1.82, 2.24) is 14.7 Å². The maximum Gasteiger partial charge on any atom is 0.266 e. The summed E-state index contributed by atoms with van der Waals surface area (Å²) in [4.78, 5) is 26.5. The van der Waals surface area contributed by atoms with Gasteiger partial charge in [0.1, 0.15) is 11.6 Å². The molecule has 4 rings (SSSR count). The van der Waals surface area contributed by atoms with Crippen molar-refractivity contribution < 1.29 is 13.6 Å². The Balaban J connectivity index is 1.42. The third-order valence-corrected chi connectivity index (χ3v) is 5.44. The highest BCUT2D eigenvalue weighted by Crippen LogP contribution is 2.22. The minimum atomic E-state index is -0.516. The summed E-state index contributed by atoms with van der Waals surface area (Å²) < 4.78 is 28.5. The Morgan fingerprint density at radius 1 is 0.967 bits per heavy atom. The first-order valence-corrected chi connectivity index (χ1v) is 9.89. The normalized spacial score (nSPS) is 14.7. The number of hydrogen-bond acceptors (Lipinski definition) is 3. The van der Waals surface area contributed by atoms with E-state index >= 15 is 0 Å². The second kappa shape index (κ2) is 8.57. The van der Waals surface area contributed by atoms with E-state index in [0.29, 0.717) is 38.2 Å². The number of piperidine rings is 1. The fourth-order valence-corrected chi connectivity index (χ4v) is 3.72. The standard InChI is InChI=1S/C23H21F2N3O2/c24-18-7-5-17(6-8-18)21-9-10-22(29)28(26-21)15-16-11-13-27(14-12-16)23(30)19-3-1-2-4-20(19)25/h1-10,16H,11-15H2. The Morgan fingerprint density at radius 3 is 2.37 bits per heavy atom. The van der Waals surface area contributed by atoms with Crippen LogP contribution in [0.15, 0.2) is 65.5 Å². The van der Waals surface area contributed by atoms with Crippen LogP contribution in [0.4, 0.5) is 8.78 Å². The zero-order valence-corrected chi connectivity index (χ0v) is 16.3. The molecular formula is C23H21F2N3O2. The molecule has 0 spiro atoms. The van der Waals surface area contributed by atoms with Gasteiger partial charge in [-0.3, -0.25) is 9.59 Å². The predicted octanol–water partition coefficient (Wildman–Crippen LogP) is 3.74. The van der Waals surface area contributed by atoms with E-state index in [2.05, 4.69) is 5.10 Å². The highest BCUT2D eigenvalue weighted by Gasteiger charge is 2.25. The van der Waals surface area contributed by atoms with Gasteiger partial charge in [0.15, 0.2) is 0 Å². The topological polar surface area (TPSA) is 55.2 Å². The van der Waals surface area contributed by atoms with Gasteiger partial charge in [0.25, 0.3) is 11.5 Å². The molecule has 1 fully saturated rings. The van der Waals surface area contributed by atoms with Crippen molar-refractivity contribution in [2.75, 3.05) is 13.1 Å². The van der Waals surface area contributed by atoms with E-state index in [1.165, 1.54) is 35.0 Å². The number of likely N-dealkylation sites (tertiary alicyclic amines) is 1. The molecule has 0 bridgehead atoms. The average Bonchev–Trinajstić information content (AvgIpc) is 2.76. The molecule has 30 heavy (non-hydrogen) atoms. The summed E-state index contributed by atoms with van der Waals surface area (Å²) in [5.74, 6) is -0.967. The summed E-state index contributed by atoms with van der Waals surface area (Å²) in [6, 6.07) is 15.0. The molecule has 1 amide bonds. The van der Waals surface area contributed by atoms with Crippen LogP contribution in [0.5, 0.6) is 0 Å². The van der Waals surface area contributed by atoms with Crippen molar-refractivity contribution in [2.24, 2.45) is 5.92 Å². The number of amides is 1. The quantitative estimate of drug-likeness (QED) is 0.660. The molecule has 1 aliphatic rings. The maximum atomic E-state index is 13.9. The van der Waals surface area contributed by atoms with Gasteiger partial charge in [-0.1, -0.05) is 12.1 Å². The number of hydrogen-bond donors (Lipinski definition) is 0. The van der Waals surface area contributed by atoms with Crippen molar-refractivity contribution >= 4 is 5.91 Å². The van der Waals surface area contributed by atoms with E-state index in [0.717, 1.165) is 5.56 Å². The predicted molar refractivity (Wildman–Crippen MR) is 109 cm³/mol. The number of nitrogens with zero attached hydrogens (tertiary/aromatic N) is 3. The SMILES string of the molecule is O=C(c1ccccc1F)N1CCC(Cn2nc(-c3ccc(F)cc3)ccc2=O)CC1. The molecule has 1 aromatic heterocycles. The molecule has 154 valence electrons. The molecule has 0 radical (unpaired) electrons. The molecular weight excluding hydrogens is 388 g/mol. The van der Waals surface area contributed by atoms with Gasteiger partial charge in [0.05, 0.1) is 11.3 Å². The van der Waals surface area contributed by atoms with Crippen LogP contribution in [0.2, 0.25) is 0 Å². The van der Waals surface area contributed by atoms with E-state index in [-0.39, 0.29) is 28.8 Å². The smallest absolute Gasteiger partial charge is 0.266 e. The zero-order valence-electron chi connectivity index (χ0n) is 16.3. The lowest BCUT2D eigenvalue weighted by Gasteiger charge is -2.32. The van der Waals surface area contributed by atoms with Crippen LogP contribution in [0.25, 0.3) is 11.3 Å². The minimum Gasteiger partial charge on any atom is -0.339 e. The van der Waals surface area contributed by atoms with Gasteiger partial charge in [-0.05, 0) is 61.2 Å². The Bertz CT molecular complexity index is 1100. The molecule has 0 atom stereocenters. The number of carbonyl (C=O) groups excluding carboxylic acids is 1. The summed E-state index contributed by atoms with van der Waals surface area (Å²) in [5.41, 5.74) is 1.21. The summed E-state index contributed by atoms with van der Waals surface area (Å²) in [5, 5.41) is 4.43. The van der Waals surface area contributed by atoms with Gasteiger partial charge in [0.2, 0.25) is 0 Å². The van der Waals surface area contributed by atoms with Crippen molar-refractivity contribution in [2.45, 2.75) is 19.4 Å². The van der Waals surface area contributed by atoms with Gasteiger partial charge in [0, 0.05) is 31.3 Å². The van der Waals surface area contributed by atoms with Crippen molar-refractivity contribution in [3.8, 4) is 11.3 Å². The first-order chi connectivity index (χ1) is 14.5. The van der Waals surface area contributed by atoms with E-state index < -0.39 is 5.82 Å². The minimum absolute atomic E-state index is 0.0841. The average molecular weight is 409 g/mol. The Morgan fingerprint density at radius 2 is 1.67 bits per heavy atom. The summed E-state index contributed by atoms with van der Waals surface area (Å²) in [6.45, 7) is 1.45. The van der Waals surface area contributed by atoms with Crippen LogP contribution < -0.4 is 5.56 Å². The number of carbonyl (C=O) groups is 1. The molecule has 7 heteroatoms. The van der Waals surface area contributed by atoms with Gasteiger partial charge in [-0.2, -0.15) is 5.10 Å². The maximum absolute atomic E-state index is 13.9. The molecule has 0 aliphatic carbocycles. The Labute approximate surface area is 172 Å². The van der Waals surface area contributed by atoms with Crippen LogP contribution in [-0.4, -0.2) is 33.7 Å². The highest BCUT2D eigenvalue weighted by atomic mass is 19.1. The number of benzene rings is 2. The van der Waals surface area contributed by atoms with E-state index in [1.807, 2.05) is 0 Å². The second-order valence-electron chi connectivity index (χ2n) is 7.46. The molecule has 2 aromatic carbocycles. The number of rotatable bonds is 4. The summed E-state index contributed by atoms with van der Waals surface area (Å²) in [6.07, 6.45) is 1.41. The molecule has 5 nitrogen and oxygen atoms in total. The Hall–Kier alpha value is -3.35. The highest BCUT2D eigenvalue weighted by molar-refractivity contribution is 5.94. The third kappa shape index (κ3) is 4.30. The van der Waals surface area contributed by atoms with Crippen LogP contribution in [0.3, 0.4) is 0 Å². The molecule has 0 unspecified atom stereocenters. The number of aromatic nitrogens is 2. The zero-order chi connectivity index (χ0) is 21.1. The monoisotopic (exact) mass is 409 g/mol. The first-order valence-electron chi connectivity index (χ1n) is 9.89. The van der Waals surface area contributed by atoms with Gasteiger partial charge >= 0.3 is 0 Å². The van der Waals surface area contributed by atoms with Gasteiger partial charge in [-0.25, -0.2) is 13.5 Å². The summed E-state index contributed by atoms with van der Waals surface area (Å²) >= 11 is 0. The van der Waals surface area contributed by atoms with Gasteiger partial charge < -0.3 is 4.90 Å². The first kappa shape index (κ1) is 19.9. The lowest BCUT2D eigenvalue weighted by atomic mass is 9.96. The molecule has 1 saturated heterocycles. The van der Waals surface area contributed by atoms with Crippen LogP contribution in [-0.2, 0) is 6.54 Å². The van der Waals surface area contributed by atoms with Crippen LogP contribution in [0, 0.1) is 17.6 Å². The lowest BCUT2D eigenvalue weighted by molar-refractivity contribution is 0.0676. The number of halogens is 2. The van der Waals surface area contributed by atoms with E-state index in [9.17, 15) is 18.4 Å². The molecule has 3 aromatic rings. The second-order valence-corrected chi connectivity index (χ2v) is 7.46. The van der Waals surface area contributed by atoms with Crippen LogP contribution >= 0.6 is 0 Å². The van der Waals surface area contributed by atoms with E-state index in [4.69, 9.17) is 0 Å². The molecule has 1 aliphatic heterocycles. The summed E-state index contributed by atoms with van der Waals surface area (Å²) in [7, 11) is 0. The Kier molecular flexibility index (Phi) is 5.70. The van der Waals surface area contributed by atoms with E-state index in [1.54, 1.807) is 35.2 Å². The van der Waals surface area contributed by atoms with Crippen LogP contribution in [0.1, 0.15) is 23.2 Å². The third-order valence-electron chi connectivity index (χ3n) is 5.44. The fourth-order valence-electron chi connectivity index (χ4n) is 3.72. The lowest BCUT2D eigenvalue weighted by Crippen LogP contribution is -2.40. The van der Waals surface area contributed by atoms with Gasteiger partial charge in [-0.15, -0.1) is 0 Å². The van der Waals surface area contributed by atoms with Crippen molar-refractivity contribution in [3.63, 3.8) is 0 Å². The molecule has 2 heterocycles. The molecule has 0 N–H and O–H groups in total. The fraction of sp³-hybridized carbons (Fsp3) is 0.261. The van der Waals surface area contributed by atoms with Crippen molar-refractivity contribution in [1.29, 1.82) is 0 Å². The van der Waals surface area contributed by atoms with Crippen molar-refractivity contribution in [3.05, 3.63) is 88.2 Å².